The van der Waals surface area contributed by atoms with Crippen molar-refractivity contribution in [3.05, 3.63) is 21.4 Å². The van der Waals surface area contributed by atoms with E-state index in [4.69, 9.17) is 0 Å². The molecular formula is C15H28N2S. The van der Waals surface area contributed by atoms with Gasteiger partial charge >= 0.3 is 0 Å². The third kappa shape index (κ3) is 4.38. The Morgan fingerprint density at radius 3 is 2.28 bits per heavy atom. The van der Waals surface area contributed by atoms with E-state index in [0.29, 0.717) is 12.1 Å². The van der Waals surface area contributed by atoms with Crippen LogP contribution in [0.2, 0.25) is 0 Å². The van der Waals surface area contributed by atoms with Crippen LogP contribution in [0.1, 0.15) is 49.1 Å². The molecule has 1 aromatic rings. The first-order valence-corrected chi connectivity index (χ1v) is 7.84. The van der Waals surface area contributed by atoms with Crippen LogP contribution in [0.5, 0.6) is 0 Å². The van der Waals surface area contributed by atoms with E-state index in [1.54, 1.807) is 0 Å². The van der Waals surface area contributed by atoms with Crippen molar-refractivity contribution in [1.29, 1.82) is 0 Å². The third-order valence-electron chi connectivity index (χ3n) is 3.51. The fourth-order valence-electron chi connectivity index (χ4n) is 2.52. The second-order valence-electron chi connectivity index (χ2n) is 5.14. The van der Waals surface area contributed by atoms with Gasteiger partial charge in [-0.1, -0.05) is 13.8 Å². The van der Waals surface area contributed by atoms with Gasteiger partial charge in [-0.2, -0.15) is 0 Å². The molecule has 1 rings (SSSR count). The molecule has 0 radical (unpaired) electrons. The molecule has 1 heterocycles. The van der Waals surface area contributed by atoms with Gasteiger partial charge in [0.15, 0.2) is 0 Å². The fraction of sp³-hybridized carbons (Fsp3) is 0.733. The molecule has 2 atom stereocenters. The number of nitrogens with zero attached hydrogens (tertiary/aromatic N) is 1. The molecule has 0 aromatic carbocycles. The standard InChI is InChI=1S/C15H28N2S/c1-7-17(8-2)10-11(3)16-13(5)15-9-12(4)18-14(15)6/h9,11,13,16H,7-8,10H2,1-6H3. The molecule has 0 spiro atoms. The lowest BCUT2D eigenvalue weighted by molar-refractivity contribution is 0.264. The SMILES string of the molecule is CCN(CC)CC(C)NC(C)c1cc(C)sc1C. The zero-order valence-electron chi connectivity index (χ0n) is 12.7. The van der Waals surface area contributed by atoms with Gasteiger partial charge in [0, 0.05) is 28.4 Å². The van der Waals surface area contributed by atoms with E-state index in [1.807, 2.05) is 11.3 Å². The predicted octanol–water partition coefficient (Wildman–Crippen LogP) is 3.75. The van der Waals surface area contributed by atoms with Crippen LogP contribution in [-0.2, 0) is 0 Å². The molecule has 1 N–H and O–H groups in total. The van der Waals surface area contributed by atoms with Crippen molar-refractivity contribution in [2.45, 2.75) is 53.6 Å². The molecule has 0 bridgehead atoms. The average Bonchev–Trinajstić information content (AvgIpc) is 2.65. The molecule has 0 aliphatic rings. The molecular weight excluding hydrogens is 240 g/mol. The van der Waals surface area contributed by atoms with E-state index in [-0.39, 0.29) is 0 Å². The van der Waals surface area contributed by atoms with Gasteiger partial charge in [-0.15, -0.1) is 11.3 Å². The maximum atomic E-state index is 3.71. The first-order valence-electron chi connectivity index (χ1n) is 7.03. The summed E-state index contributed by atoms with van der Waals surface area (Å²) in [5.74, 6) is 0. The van der Waals surface area contributed by atoms with Gasteiger partial charge < -0.3 is 10.2 Å². The van der Waals surface area contributed by atoms with Crippen LogP contribution in [0.15, 0.2) is 6.07 Å². The highest BCUT2D eigenvalue weighted by atomic mass is 32.1. The molecule has 0 saturated heterocycles. The van der Waals surface area contributed by atoms with Crippen molar-refractivity contribution in [3.63, 3.8) is 0 Å². The summed E-state index contributed by atoms with van der Waals surface area (Å²) in [7, 11) is 0. The fourth-order valence-corrected chi connectivity index (χ4v) is 3.54. The topological polar surface area (TPSA) is 15.3 Å². The number of aryl methyl sites for hydroxylation is 2. The molecule has 2 nitrogen and oxygen atoms in total. The van der Waals surface area contributed by atoms with Crippen molar-refractivity contribution in [2.75, 3.05) is 19.6 Å². The van der Waals surface area contributed by atoms with Gasteiger partial charge in [-0.05, 0) is 52.4 Å². The Hall–Kier alpha value is -0.380. The Kier molecular flexibility index (Phi) is 6.33. The second kappa shape index (κ2) is 7.27. The van der Waals surface area contributed by atoms with Crippen molar-refractivity contribution < 1.29 is 0 Å². The van der Waals surface area contributed by atoms with Crippen LogP contribution >= 0.6 is 11.3 Å². The molecule has 104 valence electrons. The number of hydrogen-bond acceptors (Lipinski definition) is 3. The summed E-state index contributed by atoms with van der Waals surface area (Å²) in [5.41, 5.74) is 1.46. The predicted molar refractivity (Wildman–Crippen MR) is 82.6 cm³/mol. The first-order chi connectivity index (χ1) is 8.47. The monoisotopic (exact) mass is 268 g/mol. The van der Waals surface area contributed by atoms with Gasteiger partial charge in [-0.25, -0.2) is 0 Å². The Balaban J connectivity index is 2.54. The highest BCUT2D eigenvalue weighted by molar-refractivity contribution is 7.12. The van der Waals surface area contributed by atoms with Crippen LogP contribution < -0.4 is 5.32 Å². The van der Waals surface area contributed by atoms with Crippen LogP contribution in [0.4, 0.5) is 0 Å². The lowest BCUT2D eigenvalue weighted by Gasteiger charge is -2.26. The molecule has 2 unspecified atom stereocenters. The van der Waals surface area contributed by atoms with Gasteiger partial charge in [0.25, 0.3) is 0 Å². The smallest absolute Gasteiger partial charge is 0.0305 e. The minimum Gasteiger partial charge on any atom is -0.306 e. The van der Waals surface area contributed by atoms with Crippen molar-refractivity contribution in [3.8, 4) is 0 Å². The number of nitrogens with one attached hydrogen (secondary N) is 1. The minimum absolute atomic E-state index is 0.445. The summed E-state index contributed by atoms with van der Waals surface area (Å²) in [6.07, 6.45) is 0. The van der Waals surface area contributed by atoms with Crippen molar-refractivity contribution in [2.24, 2.45) is 0 Å². The van der Waals surface area contributed by atoms with E-state index in [1.165, 1.54) is 15.3 Å². The molecule has 0 saturated carbocycles. The average molecular weight is 268 g/mol. The van der Waals surface area contributed by atoms with E-state index < -0.39 is 0 Å². The zero-order valence-corrected chi connectivity index (χ0v) is 13.5. The van der Waals surface area contributed by atoms with E-state index in [0.717, 1.165) is 19.6 Å². The summed E-state index contributed by atoms with van der Waals surface area (Å²) < 4.78 is 0. The molecule has 0 aliphatic carbocycles. The summed E-state index contributed by atoms with van der Waals surface area (Å²) in [4.78, 5) is 5.32. The van der Waals surface area contributed by atoms with E-state index in [9.17, 15) is 0 Å². The second-order valence-corrected chi connectivity index (χ2v) is 6.60. The summed E-state index contributed by atoms with van der Waals surface area (Å²) in [6.45, 7) is 16.8. The molecule has 0 amide bonds. The zero-order chi connectivity index (χ0) is 13.7. The summed E-state index contributed by atoms with van der Waals surface area (Å²) >= 11 is 1.90. The Morgan fingerprint density at radius 1 is 1.22 bits per heavy atom. The largest absolute Gasteiger partial charge is 0.306 e. The van der Waals surface area contributed by atoms with Crippen molar-refractivity contribution >= 4 is 11.3 Å². The number of likely N-dealkylation sites (N-methyl/N-ethyl adjacent to an activating group) is 1. The van der Waals surface area contributed by atoms with Crippen LogP contribution in [0, 0.1) is 13.8 Å². The van der Waals surface area contributed by atoms with Crippen LogP contribution in [0.3, 0.4) is 0 Å². The maximum absolute atomic E-state index is 3.71. The quantitative estimate of drug-likeness (QED) is 0.810. The lowest BCUT2D eigenvalue weighted by Crippen LogP contribution is -2.40. The highest BCUT2D eigenvalue weighted by Crippen LogP contribution is 2.26. The van der Waals surface area contributed by atoms with E-state index >= 15 is 0 Å². The van der Waals surface area contributed by atoms with Crippen molar-refractivity contribution in [1.82, 2.24) is 10.2 Å². The van der Waals surface area contributed by atoms with Gasteiger partial charge in [0.1, 0.15) is 0 Å². The molecule has 18 heavy (non-hydrogen) atoms. The molecule has 1 aromatic heterocycles. The minimum atomic E-state index is 0.445. The summed E-state index contributed by atoms with van der Waals surface area (Å²) in [5, 5.41) is 3.71. The van der Waals surface area contributed by atoms with Gasteiger partial charge in [0.05, 0.1) is 0 Å². The highest BCUT2D eigenvalue weighted by Gasteiger charge is 2.14. The Labute approximate surface area is 116 Å². The number of hydrogen-bond donors (Lipinski definition) is 1. The van der Waals surface area contributed by atoms with E-state index in [2.05, 4.69) is 57.8 Å². The van der Waals surface area contributed by atoms with Gasteiger partial charge in [-0.3, -0.25) is 0 Å². The first kappa shape index (κ1) is 15.7. The Morgan fingerprint density at radius 2 is 1.83 bits per heavy atom. The number of thiophene rings is 1. The molecule has 0 aliphatic heterocycles. The molecule has 3 heteroatoms. The summed E-state index contributed by atoms with van der Waals surface area (Å²) in [6, 6.07) is 3.29. The Bertz CT molecular complexity index is 355. The van der Waals surface area contributed by atoms with Crippen LogP contribution in [-0.4, -0.2) is 30.6 Å². The van der Waals surface area contributed by atoms with Crippen LogP contribution in [0.25, 0.3) is 0 Å². The number of rotatable bonds is 7. The molecule has 0 fully saturated rings. The van der Waals surface area contributed by atoms with Gasteiger partial charge in [0.2, 0.25) is 0 Å². The normalized spacial score (nSPS) is 15.1. The maximum Gasteiger partial charge on any atom is 0.0305 e. The lowest BCUT2D eigenvalue weighted by atomic mass is 10.1. The third-order valence-corrected chi connectivity index (χ3v) is 4.49.